The SMILES string of the molecule is OCC[B]F. The van der Waals surface area contributed by atoms with Crippen LogP contribution in [0.4, 0.5) is 4.32 Å². The highest BCUT2D eigenvalue weighted by Crippen LogP contribution is 1.70. The van der Waals surface area contributed by atoms with Gasteiger partial charge in [-0.15, -0.1) is 0 Å². The zero-order valence-corrected chi connectivity index (χ0v) is 2.82. The summed E-state index contributed by atoms with van der Waals surface area (Å²) in [4.78, 5) is 0. The predicted molar refractivity (Wildman–Crippen MR) is 18.8 cm³/mol. The van der Waals surface area contributed by atoms with Gasteiger partial charge in [-0.2, -0.15) is 0 Å². The number of halogens is 1. The van der Waals surface area contributed by atoms with Crippen molar-refractivity contribution in [2.75, 3.05) is 6.61 Å². The van der Waals surface area contributed by atoms with E-state index in [0.29, 0.717) is 7.56 Å². The van der Waals surface area contributed by atoms with Gasteiger partial charge in [-0.3, -0.25) is 0 Å². The summed E-state index contributed by atoms with van der Waals surface area (Å²) in [7, 11) is 0.431. The third kappa shape index (κ3) is 3.95. The van der Waals surface area contributed by atoms with Crippen LogP contribution in [0.3, 0.4) is 0 Å². The summed E-state index contributed by atoms with van der Waals surface area (Å²) >= 11 is 0. The van der Waals surface area contributed by atoms with Gasteiger partial charge < -0.3 is 9.42 Å². The summed E-state index contributed by atoms with van der Waals surface area (Å²) in [5, 5.41) is 7.80. The van der Waals surface area contributed by atoms with Crippen LogP contribution < -0.4 is 0 Å². The molecule has 0 aliphatic heterocycles. The first kappa shape index (κ1) is 4.95. The Morgan fingerprint density at radius 1 is 1.80 bits per heavy atom. The number of aliphatic hydroxyl groups excluding tert-OH is 1. The van der Waals surface area contributed by atoms with Crippen molar-refractivity contribution in [1.82, 2.24) is 0 Å². The molecule has 0 unspecified atom stereocenters. The number of hydrogen-bond donors (Lipinski definition) is 1. The van der Waals surface area contributed by atoms with Gasteiger partial charge in [0.1, 0.15) is 0 Å². The van der Waals surface area contributed by atoms with Crippen LogP contribution in [-0.2, 0) is 0 Å². The van der Waals surface area contributed by atoms with E-state index in [1.54, 1.807) is 0 Å². The molecule has 1 nitrogen and oxygen atoms in total. The molecule has 0 fully saturated rings. The molecule has 0 rings (SSSR count). The van der Waals surface area contributed by atoms with Gasteiger partial charge in [-0.1, -0.05) is 0 Å². The molecular weight excluding hydrogens is 69.8 g/mol. The molecule has 29 valence electrons. The number of aliphatic hydroxyl groups is 1. The van der Waals surface area contributed by atoms with Crippen molar-refractivity contribution < 1.29 is 9.42 Å². The van der Waals surface area contributed by atoms with Crippen LogP contribution in [-0.4, -0.2) is 19.3 Å². The van der Waals surface area contributed by atoms with Crippen molar-refractivity contribution >= 4 is 7.56 Å². The van der Waals surface area contributed by atoms with E-state index in [0.717, 1.165) is 0 Å². The van der Waals surface area contributed by atoms with Crippen LogP contribution >= 0.6 is 0 Å². The second-order valence-corrected chi connectivity index (χ2v) is 0.667. The highest BCUT2D eigenvalue weighted by atomic mass is 19.1. The Hall–Kier alpha value is -0.0451. The van der Waals surface area contributed by atoms with Crippen LogP contribution in [0.25, 0.3) is 0 Å². The number of rotatable bonds is 2. The second-order valence-electron chi connectivity index (χ2n) is 0.667. The fourth-order valence-electron chi connectivity index (χ4n) is 0.0488. The van der Waals surface area contributed by atoms with E-state index in [1.807, 2.05) is 0 Å². The first-order valence-electron chi connectivity index (χ1n) is 1.44. The molecule has 0 heterocycles. The fourth-order valence-corrected chi connectivity index (χ4v) is 0.0488. The van der Waals surface area contributed by atoms with Crippen LogP contribution in [0.15, 0.2) is 0 Å². The topological polar surface area (TPSA) is 20.2 Å². The van der Waals surface area contributed by atoms with Crippen molar-refractivity contribution in [3.8, 4) is 0 Å². The smallest absolute Gasteiger partial charge is 0.356 e. The van der Waals surface area contributed by atoms with Gasteiger partial charge >= 0.3 is 7.56 Å². The highest BCUT2D eigenvalue weighted by molar-refractivity contribution is 6.26. The van der Waals surface area contributed by atoms with Gasteiger partial charge in [0.05, 0.1) is 0 Å². The summed E-state index contributed by atoms with van der Waals surface area (Å²) in [6.07, 6.45) is 0.153. The Balaban J connectivity index is 2.19. The van der Waals surface area contributed by atoms with E-state index < -0.39 is 0 Å². The molecule has 0 aliphatic carbocycles. The van der Waals surface area contributed by atoms with Crippen LogP contribution in [0, 0.1) is 0 Å². The lowest BCUT2D eigenvalue weighted by Gasteiger charge is -1.73. The molecule has 0 aromatic carbocycles. The van der Waals surface area contributed by atoms with Crippen LogP contribution in [0.5, 0.6) is 0 Å². The quantitative estimate of drug-likeness (QED) is 0.457. The molecule has 1 radical (unpaired) electrons. The van der Waals surface area contributed by atoms with Gasteiger partial charge in [0.25, 0.3) is 0 Å². The van der Waals surface area contributed by atoms with E-state index >= 15 is 0 Å². The minimum Gasteiger partial charge on any atom is -0.397 e. The molecule has 0 aliphatic rings. The Bertz CT molecular complexity index is 17.1. The monoisotopic (exact) mass is 75.0 g/mol. The first-order valence-corrected chi connectivity index (χ1v) is 1.44. The summed E-state index contributed by atoms with van der Waals surface area (Å²) in [5.74, 6) is 0. The van der Waals surface area contributed by atoms with Gasteiger partial charge in [0, 0.05) is 6.61 Å². The standard InChI is InChI=1S/C2H5BFO/c4-3-1-2-5/h5H,1-2H2. The molecule has 0 spiro atoms. The normalized spacial score (nSPS) is 7.60. The average Bonchev–Trinajstić information content (AvgIpc) is 1.41. The fraction of sp³-hybridized carbons (Fsp3) is 1.00. The summed E-state index contributed by atoms with van der Waals surface area (Å²) < 4.78 is 10.7. The summed E-state index contributed by atoms with van der Waals surface area (Å²) in [5.41, 5.74) is 0. The molecule has 0 saturated heterocycles. The zero-order chi connectivity index (χ0) is 4.12. The third-order valence-corrected chi connectivity index (χ3v) is 0.238. The van der Waals surface area contributed by atoms with Crippen LogP contribution in [0.2, 0.25) is 6.32 Å². The first-order chi connectivity index (χ1) is 2.41. The molecular formula is C2H5BFO. The highest BCUT2D eigenvalue weighted by Gasteiger charge is 1.79. The van der Waals surface area contributed by atoms with Gasteiger partial charge in [-0.05, 0) is 6.32 Å². The Morgan fingerprint density at radius 3 is 2.40 bits per heavy atom. The Morgan fingerprint density at radius 2 is 2.40 bits per heavy atom. The molecule has 3 heteroatoms. The summed E-state index contributed by atoms with van der Waals surface area (Å²) in [6, 6.07) is 0. The third-order valence-electron chi connectivity index (χ3n) is 0.238. The lowest BCUT2D eigenvalue weighted by Crippen LogP contribution is -1.82. The predicted octanol–water partition coefficient (Wildman–Crippen LogP) is -0.0143. The van der Waals surface area contributed by atoms with Crippen LogP contribution in [0.1, 0.15) is 0 Å². The molecule has 0 amide bonds. The van der Waals surface area contributed by atoms with Crippen molar-refractivity contribution in [2.24, 2.45) is 0 Å². The second kappa shape index (κ2) is 3.95. The van der Waals surface area contributed by atoms with Crippen molar-refractivity contribution in [3.63, 3.8) is 0 Å². The van der Waals surface area contributed by atoms with E-state index in [2.05, 4.69) is 0 Å². The maximum Gasteiger partial charge on any atom is 0.356 e. The minimum absolute atomic E-state index is 0.0868. The Kier molecular flexibility index (Phi) is 3.92. The van der Waals surface area contributed by atoms with Crippen molar-refractivity contribution in [1.29, 1.82) is 0 Å². The molecule has 0 aromatic rings. The molecule has 0 aromatic heterocycles. The van der Waals surface area contributed by atoms with E-state index in [9.17, 15) is 4.32 Å². The Labute approximate surface area is 31.1 Å². The molecule has 5 heavy (non-hydrogen) atoms. The maximum absolute atomic E-state index is 10.7. The van der Waals surface area contributed by atoms with E-state index in [4.69, 9.17) is 5.11 Å². The summed E-state index contributed by atoms with van der Waals surface area (Å²) in [6.45, 7) is -0.0868. The average molecular weight is 74.9 g/mol. The molecule has 0 saturated carbocycles. The van der Waals surface area contributed by atoms with Crippen molar-refractivity contribution in [3.05, 3.63) is 0 Å². The molecule has 0 atom stereocenters. The largest absolute Gasteiger partial charge is 0.397 e. The molecule has 1 N–H and O–H groups in total. The maximum atomic E-state index is 10.7. The zero-order valence-electron chi connectivity index (χ0n) is 2.82. The van der Waals surface area contributed by atoms with Gasteiger partial charge in [0.15, 0.2) is 0 Å². The number of hydrogen-bond acceptors (Lipinski definition) is 1. The van der Waals surface area contributed by atoms with Crippen molar-refractivity contribution in [2.45, 2.75) is 6.32 Å². The minimum atomic E-state index is -0.0868. The van der Waals surface area contributed by atoms with E-state index in [1.165, 1.54) is 0 Å². The van der Waals surface area contributed by atoms with E-state index in [-0.39, 0.29) is 12.9 Å². The molecule has 0 bridgehead atoms. The van der Waals surface area contributed by atoms with Gasteiger partial charge in [-0.25, -0.2) is 0 Å². The van der Waals surface area contributed by atoms with Gasteiger partial charge in [0.2, 0.25) is 0 Å². The lowest BCUT2D eigenvalue weighted by molar-refractivity contribution is 0.316. The lowest BCUT2D eigenvalue weighted by atomic mass is 10.0.